The van der Waals surface area contributed by atoms with Crippen molar-refractivity contribution in [1.29, 1.82) is 0 Å². The summed E-state index contributed by atoms with van der Waals surface area (Å²) >= 11 is 0. The lowest BCUT2D eigenvalue weighted by Crippen LogP contribution is -1.90. The molecule has 0 fully saturated rings. The Balaban J connectivity index is 2.76. The SMILES string of the molecule is CC(O)/C=C/c1cccc(O)c1. The molecule has 0 amide bonds. The summed E-state index contributed by atoms with van der Waals surface area (Å²) in [5.41, 5.74) is 0.885. The van der Waals surface area contributed by atoms with Crippen LogP contribution in [-0.4, -0.2) is 16.3 Å². The largest absolute Gasteiger partial charge is 0.508 e. The van der Waals surface area contributed by atoms with E-state index >= 15 is 0 Å². The Kier molecular flexibility index (Phi) is 2.88. The lowest BCUT2D eigenvalue weighted by atomic mass is 10.2. The fourth-order valence-electron chi connectivity index (χ4n) is 0.879. The van der Waals surface area contributed by atoms with Crippen LogP contribution in [0.2, 0.25) is 0 Å². The van der Waals surface area contributed by atoms with Crippen molar-refractivity contribution >= 4 is 6.08 Å². The van der Waals surface area contributed by atoms with E-state index in [0.29, 0.717) is 0 Å². The van der Waals surface area contributed by atoms with E-state index in [4.69, 9.17) is 10.2 Å². The second-order valence-corrected chi connectivity index (χ2v) is 2.69. The Hall–Kier alpha value is -1.28. The molecule has 0 saturated carbocycles. The first-order chi connectivity index (χ1) is 5.68. The second-order valence-electron chi connectivity index (χ2n) is 2.69. The Morgan fingerprint density at radius 2 is 2.17 bits per heavy atom. The fourth-order valence-corrected chi connectivity index (χ4v) is 0.879. The van der Waals surface area contributed by atoms with Crippen molar-refractivity contribution in [2.45, 2.75) is 13.0 Å². The van der Waals surface area contributed by atoms with Crippen LogP contribution in [0, 0.1) is 0 Å². The molecule has 0 aromatic heterocycles. The normalized spacial score (nSPS) is 13.5. The van der Waals surface area contributed by atoms with Crippen molar-refractivity contribution in [3.05, 3.63) is 35.9 Å². The molecule has 2 nitrogen and oxygen atoms in total. The van der Waals surface area contributed by atoms with Crippen LogP contribution in [0.25, 0.3) is 6.08 Å². The Morgan fingerprint density at radius 3 is 2.75 bits per heavy atom. The van der Waals surface area contributed by atoms with Crippen LogP contribution in [-0.2, 0) is 0 Å². The molecule has 0 radical (unpaired) electrons. The van der Waals surface area contributed by atoms with Gasteiger partial charge in [-0.1, -0.05) is 24.3 Å². The highest BCUT2D eigenvalue weighted by Gasteiger charge is 1.90. The van der Waals surface area contributed by atoms with Crippen molar-refractivity contribution in [3.63, 3.8) is 0 Å². The van der Waals surface area contributed by atoms with Crippen molar-refractivity contribution in [1.82, 2.24) is 0 Å². The van der Waals surface area contributed by atoms with Crippen molar-refractivity contribution < 1.29 is 10.2 Å². The topological polar surface area (TPSA) is 40.5 Å². The minimum absolute atomic E-state index is 0.239. The van der Waals surface area contributed by atoms with Crippen LogP contribution < -0.4 is 0 Å². The molecule has 0 bridgehead atoms. The van der Waals surface area contributed by atoms with Crippen LogP contribution in [0.5, 0.6) is 5.75 Å². The smallest absolute Gasteiger partial charge is 0.116 e. The molecule has 1 aromatic rings. The van der Waals surface area contributed by atoms with Gasteiger partial charge in [0.25, 0.3) is 0 Å². The Labute approximate surface area is 71.8 Å². The van der Waals surface area contributed by atoms with E-state index in [-0.39, 0.29) is 5.75 Å². The highest BCUT2D eigenvalue weighted by Crippen LogP contribution is 2.12. The molecule has 1 atom stereocenters. The first-order valence-corrected chi connectivity index (χ1v) is 3.84. The minimum atomic E-state index is -0.452. The number of benzene rings is 1. The van der Waals surface area contributed by atoms with Crippen molar-refractivity contribution in [3.8, 4) is 5.75 Å². The van der Waals surface area contributed by atoms with Crippen LogP contribution in [0.15, 0.2) is 30.3 Å². The van der Waals surface area contributed by atoms with E-state index in [1.165, 1.54) is 0 Å². The molecule has 2 heteroatoms. The molecule has 0 aliphatic heterocycles. The van der Waals surface area contributed by atoms with Gasteiger partial charge in [0.2, 0.25) is 0 Å². The second kappa shape index (κ2) is 3.93. The molecule has 1 unspecified atom stereocenters. The third-order valence-corrected chi connectivity index (χ3v) is 1.44. The summed E-state index contributed by atoms with van der Waals surface area (Å²) in [6.07, 6.45) is 2.98. The Morgan fingerprint density at radius 1 is 1.42 bits per heavy atom. The lowest BCUT2D eigenvalue weighted by Gasteiger charge is -1.96. The van der Waals surface area contributed by atoms with Crippen LogP contribution in [0.1, 0.15) is 12.5 Å². The van der Waals surface area contributed by atoms with Gasteiger partial charge in [-0.25, -0.2) is 0 Å². The van der Waals surface area contributed by atoms with Gasteiger partial charge in [0.1, 0.15) is 5.75 Å². The van der Waals surface area contributed by atoms with E-state index in [1.807, 2.05) is 6.07 Å². The molecular weight excluding hydrogens is 152 g/mol. The molecule has 64 valence electrons. The van der Waals surface area contributed by atoms with Gasteiger partial charge in [-0.3, -0.25) is 0 Å². The number of phenolic OH excluding ortho intramolecular Hbond substituents is 1. The maximum atomic E-state index is 9.08. The molecule has 0 heterocycles. The highest BCUT2D eigenvalue weighted by atomic mass is 16.3. The molecule has 0 saturated heterocycles. The van der Waals surface area contributed by atoms with Gasteiger partial charge in [0, 0.05) is 0 Å². The van der Waals surface area contributed by atoms with Crippen molar-refractivity contribution in [2.24, 2.45) is 0 Å². The first kappa shape index (κ1) is 8.81. The predicted molar refractivity (Wildman–Crippen MR) is 48.8 cm³/mol. The van der Waals surface area contributed by atoms with Crippen LogP contribution in [0.4, 0.5) is 0 Å². The number of aliphatic hydroxyl groups excluding tert-OH is 1. The molecule has 1 aromatic carbocycles. The zero-order valence-electron chi connectivity index (χ0n) is 6.94. The number of hydrogen-bond acceptors (Lipinski definition) is 2. The van der Waals surface area contributed by atoms with Gasteiger partial charge in [-0.2, -0.15) is 0 Å². The number of hydrogen-bond donors (Lipinski definition) is 2. The monoisotopic (exact) mass is 164 g/mol. The lowest BCUT2D eigenvalue weighted by molar-refractivity contribution is 0.245. The average Bonchev–Trinajstić information content (AvgIpc) is 2.01. The van der Waals surface area contributed by atoms with Crippen molar-refractivity contribution in [2.75, 3.05) is 0 Å². The van der Waals surface area contributed by atoms with Gasteiger partial charge < -0.3 is 10.2 Å². The summed E-state index contributed by atoms with van der Waals surface area (Å²) in [7, 11) is 0. The number of rotatable bonds is 2. The van der Waals surface area contributed by atoms with E-state index in [9.17, 15) is 0 Å². The molecule has 0 aliphatic carbocycles. The maximum absolute atomic E-state index is 9.08. The standard InChI is InChI=1S/C10H12O2/c1-8(11)5-6-9-3-2-4-10(12)7-9/h2-8,11-12H,1H3/b6-5+. The maximum Gasteiger partial charge on any atom is 0.116 e. The predicted octanol–water partition coefficient (Wildman–Crippen LogP) is 1.79. The average molecular weight is 164 g/mol. The third-order valence-electron chi connectivity index (χ3n) is 1.44. The van der Waals surface area contributed by atoms with E-state index < -0.39 is 6.10 Å². The Bertz CT molecular complexity index is 277. The minimum Gasteiger partial charge on any atom is -0.508 e. The number of phenols is 1. The quantitative estimate of drug-likeness (QED) is 0.699. The summed E-state index contributed by atoms with van der Waals surface area (Å²) in [5, 5.41) is 18.0. The molecule has 0 aliphatic rings. The molecule has 12 heavy (non-hydrogen) atoms. The van der Waals surface area contributed by atoms with Gasteiger partial charge in [-0.15, -0.1) is 0 Å². The summed E-state index contributed by atoms with van der Waals surface area (Å²) in [4.78, 5) is 0. The number of aliphatic hydroxyl groups is 1. The fraction of sp³-hybridized carbons (Fsp3) is 0.200. The summed E-state index contributed by atoms with van der Waals surface area (Å²) in [5.74, 6) is 0.239. The molecule has 0 spiro atoms. The van der Waals surface area contributed by atoms with Gasteiger partial charge >= 0.3 is 0 Å². The molecular formula is C10H12O2. The van der Waals surface area contributed by atoms with E-state index in [2.05, 4.69) is 0 Å². The third kappa shape index (κ3) is 2.76. The van der Waals surface area contributed by atoms with E-state index in [1.54, 1.807) is 37.3 Å². The van der Waals surface area contributed by atoms with E-state index in [0.717, 1.165) is 5.56 Å². The van der Waals surface area contributed by atoms with Gasteiger partial charge in [0.05, 0.1) is 6.10 Å². The number of aromatic hydroxyl groups is 1. The van der Waals surface area contributed by atoms with Crippen LogP contribution in [0.3, 0.4) is 0 Å². The zero-order valence-corrected chi connectivity index (χ0v) is 6.94. The summed E-state index contributed by atoms with van der Waals surface area (Å²) < 4.78 is 0. The van der Waals surface area contributed by atoms with Crippen LogP contribution >= 0.6 is 0 Å². The molecule has 1 rings (SSSR count). The molecule has 2 N–H and O–H groups in total. The van der Waals surface area contributed by atoms with Gasteiger partial charge in [0.15, 0.2) is 0 Å². The zero-order chi connectivity index (χ0) is 8.97. The van der Waals surface area contributed by atoms with Gasteiger partial charge in [-0.05, 0) is 24.6 Å². The summed E-state index contributed by atoms with van der Waals surface area (Å²) in [6.45, 7) is 1.68. The first-order valence-electron chi connectivity index (χ1n) is 3.84. The summed E-state index contributed by atoms with van der Waals surface area (Å²) in [6, 6.07) is 6.87. The highest BCUT2D eigenvalue weighted by molar-refractivity contribution is 5.51.